The summed E-state index contributed by atoms with van der Waals surface area (Å²) in [7, 11) is 0. The Morgan fingerprint density at radius 3 is 2.25 bits per heavy atom. The normalized spacial score (nSPS) is 20.4. The molecular weight excluding hydrogens is 360 g/mol. The highest BCUT2D eigenvalue weighted by atomic mass is 16.2. The molecule has 0 bridgehead atoms. The van der Waals surface area contributed by atoms with Crippen molar-refractivity contribution in [2.24, 2.45) is 5.92 Å². The highest BCUT2D eigenvalue weighted by molar-refractivity contribution is 6.07. The van der Waals surface area contributed by atoms with Crippen LogP contribution in [-0.2, 0) is 14.4 Å². The van der Waals surface area contributed by atoms with Gasteiger partial charge in [-0.05, 0) is 49.9 Å². The van der Waals surface area contributed by atoms with Gasteiger partial charge in [-0.1, -0.05) is 12.8 Å². The molecule has 0 aromatic heterocycles. The van der Waals surface area contributed by atoms with Gasteiger partial charge in [-0.2, -0.15) is 0 Å². The molecule has 8 nitrogen and oxygen atoms in total. The maximum Gasteiger partial charge on any atom is 0.325 e. The molecule has 1 aromatic rings. The fraction of sp³-hybridized carbons (Fsp3) is 0.500. The average molecular weight is 384 g/mol. The Labute approximate surface area is 163 Å². The van der Waals surface area contributed by atoms with Gasteiger partial charge in [0, 0.05) is 30.3 Å². The van der Waals surface area contributed by atoms with E-state index in [1.165, 1.54) is 0 Å². The van der Waals surface area contributed by atoms with E-state index in [9.17, 15) is 19.2 Å². The first-order chi connectivity index (χ1) is 13.5. The molecule has 2 aliphatic carbocycles. The maximum atomic E-state index is 12.6. The zero-order valence-electron chi connectivity index (χ0n) is 15.6. The molecule has 0 atom stereocenters. The van der Waals surface area contributed by atoms with Crippen molar-refractivity contribution in [1.29, 1.82) is 0 Å². The number of nitrogens with zero attached hydrogens (tertiary/aromatic N) is 1. The Balaban J connectivity index is 1.27. The number of anilines is 2. The molecule has 0 unspecified atom stereocenters. The van der Waals surface area contributed by atoms with E-state index >= 15 is 0 Å². The first-order valence-corrected chi connectivity index (χ1v) is 9.82. The third-order valence-corrected chi connectivity index (χ3v) is 5.65. The molecule has 3 N–H and O–H groups in total. The second kappa shape index (κ2) is 7.26. The lowest BCUT2D eigenvalue weighted by molar-refractivity contribution is -0.131. The summed E-state index contributed by atoms with van der Waals surface area (Å²) in [4.78, 5) is 49.8. The van der Waals surface area contributed by atoms with Gasteiger partial charge in [-0.25, -0.2) is 4.79 Å². The summed E-state index contributed by atoms with van der Waals surface area (Å²) in [6, 6.07) is 6.48. The Kier molecular flexibility index (Phi) is 4.78. The van der Waals surface area contributed by atoms with E-state index in [4.69, 9.17) is 0 Å². The van der Waals surface area contributed by atoms with E-state index < -0.39 is 11.6 Å². The van der Waals surface area contributed by atoms with Crippen molar-refractivity contribution in [2.75, 3.05) is 17.2 Å². The van der Waals surface area contributed by atoms with E-state index in [0.29, 0.717) is 24.2 Å². The summed E-state index contributed by atoms with van der Waals surface area (Å²) in [5.41, 5.74) is 0.545. The smallest absolute Gasteiger partial charge is 0.325 e. The third-order valence-electron chi connectivity index (χ3n) is 5.65. The number of imide groups is 1. The Morgan fingerprint density at radius 2 is 1.64 bits per heavy atom. The minimum Gasteiger partial charge on any atom is -0.326 e. The predicted molar refractivity (Wildman–Crippen MR) is 102 cm³/mol. The summed E-state index contributed by atoms with van der Waals surface area (Å²) in [6.07, 6.45) is 5.12. The van der Waals surface area contributed by atoms with E-state index in [1.807, 2.05) is 0 Å². The molecule has 2 saturated carbocycles. The lowest BCUT2D eigenvalue weighted by Gasteiger charge is -2.19. The number of hydrogen-bond acceptors (Lipinski definition) is 4. The van der Waals surface area contributed by atoms with Crippen LogP contribution in [0.3, 0.4) is 0 Å². The van der Waals surface area contributed by atoms with Crippen molar-refractivity contribution in [2.45, 2.75) is 50.5 Å². The van der Waals surface area contributed by atoms with Crippen LogP contribution >= 0.6 is 0 Å². The fourth-order valence-corrected chi connectivity index (χ4v) is 3.86. The molecule has 1 aliphatic heterocycles. The summed E-state index contributed by atoms with van der Waals surface area (Å²) >= 11 is 0. The number of carbonyl (C=O) groups excluding carboxylic acids is 4. The second-order valence-electron chi connectivity index (χ2n) is 7.82. The summed E-state index contributed by atoms with van der Waals surface area (Å²) in [6.45, 7) is 0.0633. The third kappa shape index (κ3) is 3.72. The lowest BCUT2D eigenvalue weighted by atomic mass is 9.98. The zero-order chi connectivity index (χ0) is 19.7. The molecule has 1 spiro atoms. The number of rotatable bonds is 6. The average Bonchev–Trinajstić information content (AvgIpc) is 3.38. The Morgan fingerprint density at radius 1 is 1.04 bits per heavy atom. The van der Waals surface area contributed by atoms with Crippen LogP contribution < -0.4 is 16.0 Å². The second-order valence-corrected chi connectivity index (χ2v) is 7.82. The van der Waals surface area contributed by atoms with Gasteiger partial charge < -0.3 is 16.0 Å². The highest BCUT2D eigenvalue weighted by Crippen LogP contribution is 2.35. The molecule has 1 aromatic carbocycles. The molecular formula is C20H24N4O4. The van der Waals surface area contributed by atoms with E-state index in [-0.39, 0.29) is 36.6 Å². The van der Waals surface area contributed by atoms with Crippen LogP contribution in [0.2, 0.25) is 0 Å². The Hall–Kier alpha value is -2.90. The number of hydrogen-bond donors (Lipinski definition) is 3. The first kappa shape index (κ1) is 18.5. The van der Waals surface area contributed by atoms with Crippen LogP contribution in [0.25, 0.3) is 0 Å². The monoisotopic (exact) mass is 384 g/mol. The number of nitrogens with one attached hydrogen (secondary N) is 3. The van der Waals surface area contributed by atoms with Crippen molar-refractivity contribution >= 4 is 35.1 Å². The maximum absolute atomic E-state index is 12.6. The van der Waals surface area contributed by atoms with Gasteiger partial charge in [0.1, 0.15) is 5.54 Å². The van der Waals surface area contributed by atoms with E-state index in [1.54, 1.807) is 24.3 Å². The van der Waals surface area contributed by atoms with Crippen molar-refractivity contribution < 1.29 is 19.2 Å². The van der Waals surface area contributed by atoms with Gasteiger partial charge in [0.15, 0.2) is 0 Å². The van der Waals surface area contributed by atoms with Crippen LogP contribution in [0.5, 0.6) is 0 Å². The molecule has 3 aliphatic rings. The molecule has 5 amide bonds. The molecule has 3 fully saturated rings. The SMILES string of the molecule is O=C(CCN1C(=O)NC2(CCCC2)C1=O)Nc1ccc(NC(=O)C2CC2)cc1. The van der Waals surface area contributed by atoms with E-state index in [0.717, 1.165) is 30.6 Å². The highest BCUT2D eigenvalue weighted by Gasteiger charge is 2.52. The van der Waals surface area contributed by atoms with Gasteiger partial charge in [-0.3, -0.25) is 19.3 Å². The summed E-state index contributed by atoms with van der Waals surface area (Å²) < 4.78 is 0. The topological polar surface area (TPSA) is 108 Å². The van der Waals surface area contributed by atoms with Gasteiger partial charge in [0.05, 0.1) is 0 Å². The largest absolute Gasteiger partial charge is 0.326 e. The summed E-state index contributed by atoms with van der Waals surface area (Å²) in [5.74, 6) is -0.320. The summed E-state index contributed by atoms with van der Waals surface area (Å²) in [5, 5.41) is 8.40. The van der Waals surface area contributed by atoms with E-state index in [2.05, 4.69) is 16.0 Å². The molecule has 1 saturated heterocycles. The number of carbonyl (C=O) groups is 4. The van der Waals surface area contributed by atoms with Crippen molar-refractivity contribution in [3.05, 3.63) is 24.3 Å². The molecule has 1 heterocycles. The number of urea groups is 1. The van der Waals surface area contributed by atoms with Crippen molar-refractivity contribution in [1.82, 2.24) is 10.2 Å². The van der Waals surface area contributed by atoms with Crippen LogP contribution in [0.4, 0.5) is 16.2 Å². The van der Waals surface area contributed by atoms with Crippen LogP contribution in [0.15, 0.2) is 24.3 Å². The molecule has 8 heteroatoms. The zero-order valence-corrected chi connectivity index (χ0v) is 15.6. The van der Waals surface area contributed by atoms with Crippen LogP contribution in [0.1, 0.15) is 44.9 Å². The minimum absolute atomic E-state index is 0.0328. The van der Waals surface area contributed by atoms with Gasteiger partial charge >= 0.3 is 6.03 Å². The van der Waals surface area contributed by atoms with Gasteiger partial charge in [0.2, 0.25) is 11.8 Å². The van der Waals surface area contributed by atoms with Crippen molar-refractivity contribution in [3.8, 4) is 0 Å². The first-order valence-electron chi connectivity index (χ1n) is 9.82. The fourth-order valence-electron chi connectivity index (χ4n) is 3.86. The van der Waals surface area contributed by atoms with Crippen molar-refractivity contribution in [3.63, 3.8) is 0 Å². The quantitative estimate of drug-likeness (QED) is 0.654. The minimum atomic E-state index is -0.742. The molecule has 0 radical (unpaired) electrons. The molecule has 4 rings (SSSR count). The van der Waals surface area contributed by atoms with Gasteiger partial charge in [0.25, 0.3) is 5.91 Å². The standard InChI is InChI=1S/C20H24N4O4/c25-16(9-12-24-18(27)20(23-19(24)28)10-1-2-11-20)21-14-5-7-15(8-6-14)22-17(26)13-3-4-13/h5-8,13H,1-4,9-12H2,(H,21,25)(H,22,26)(H,23,28). The predicted octanol–water partition coefficient (Wildman–Crippen LogP) is 2.23. The molecule has 28 heavy (non-hydrogen) atoms. The van der Waals surface area contributed by atoms with Crippen LogP contribution in [0, 0.1) is 5.92 Å². The van der Waals surface area contributed by atoms with Gasteiger partial charge in [-0.15, -0.1) is 0 Å². The van der Waals surface area contributed by atoms with Crippen LogP contribution in [-0.4, -0.2) is 40.7 Å². The Bertz CT molecular complexity index is 810. The lowest BCUT2D eigenvalue weighted by Crippen LogP contribution is -2.44. The number of amides is 5. The number of benzene rings is 1. The molecule has 148 valence electrons.